The minimum atomic E-state index is 0.469. The van der Waals surface area contributed by atoms with Crippen molar-refractivity contribution in [3.05, 3.63) is 40.9 Å². The SMILES string of the molecule is COCc1cc(-c2ccc(OC)nn2)ccc1Cl. The van der Waals surface area contributed by atoms with Crippen LogP contribution >= 0.6 is 11.6 Å². The molecule has 0 spiro atoms. The quantitative estimate of drug-likeness (QED) is 0.852. The van der Waals surface area contributed by atoms with E-state index in [0.29, 0.717) is 17.5 Å². The number of methoxy groups -OCH3 is 2. The first-order valence-corrected chi connectivity index (χ1v) is 5.78. The number of benzene rings is 1. The summed E-state index contributed by atoms with van der Waals surface area (Å²) >= 11 is 6.07. The Balaban J connectivity index is 2.34. The molecule has 0 aliphatic rings. The average Bonchev–Trinajstić information content (AvgIpc) is 2.42. The Labute approximate surface area is 111 Å². The molecule has 0 radical (unpaired) electrons. The smallest absolute Gasteiger partial charge is 0.233 e. The first kappa shape index (κ1) is 12.8. The van der Waals surface area contributed by atoms with Crippen LogP contribution in [0, 0.1) is 0 Å². The van der Waals surface area contributed by atoms with Crippen LogP contribution in [0.1, 0.15) is 5.56 Å². The minimum Gasteiger partial charge on any atom is -0.480 e. The van der Waals surface area contributed by atoms with E-state index in [2.05, 4.69) is 10.2 Å². The molecule has 1 heterocycles. The van der Waals surface area contributed by atoms with Gasteiger partial charge in [0.25, 0.3) is 0 Å². The van der Waals surface area contributed by atoms with Gasteiger partial charge in [0.1, 0.15) is 0 Å². The Morgan fingerprint density at radius 3 is 2.56 bits per heavy atom. The summed E-state index contributed by atoms with van der Waals surface area (Å²) in [6.45, 7) is 0.469. The second kappa shape index (κ2) is 5.80. The lowest BCUT2D eigenvalue weighted by Gasteiger charge is -2.06. The Hall–Kier alpha value is -1.65. The van der Waals surface area contributed by atoms with Crippen molar-refractivity contribution >= 4 is 11.6 Å². The maximum atomic E-state index is 6.07. The van der Waals surface area contributed by atoms with Crippen molar-refractivity contribution in [3.63, 3.8) is 0 Å². The van der Waals surface area contributed by atoms with Crippen LogP contribution in [0.25, 0.3) is 11.3 Å². The van der Waals surface area contributed by atoms with Crippen molar-refractivity contribution in [2.45, 2.75) is 6.61 Å². The van der Waals surface area contributed by atoms with E-state index in [9.17, 15) is 0 Å². The molecule has 0 atom stereocenters. The molecule has 4 nitrogen and oxygen atoms in total. The molecule has 1 aromatic heterocycles. The summed E-state index contributed by atoms with van der Waals surface area (Å²) in [5.74, 6) is 0.491. The van der Waals surface area contributed by atoms with Gasteiger partial charge in [0.05, 0.1) is 19.4 Å². The van der Waals surface area contributed by atoms with E-state index >= 15 is 0 Å². The van der Waals surface area contributed by atoms with Crippen LogP contribution < -0.4 is 4.74 Å². The number of halogens is 1. The third kappa shape index (κ3) is 2.78. The largest absolute Gasteiger partial charge is 0.480 e. The van der Waals surface area contributed by atoms with Crippen molar-refractivity contribution in [1.29, 1.82) is 0 Å². The predicted molar refractivity (Wildman–Crippen MR) is 69.7 cm³/mol. The first-order chi connectivity index (χ1) is 8.74. The van der Waals surface area contributed by atoms with Crippen LogP contribution in [-0.2, 0) is 11.3 Å². The lowest BCUT2D eigenvalue weighted by atomic mass is 10.1. The van der Waals surface area contributed by atoms with E-state index < -0.39 is 0 Å². The van der Waals surface area contributed by atoms with E-state index in [1.807, 2.05) is 24.3 Å². The van der Waals surface area contributed by atoms with Crippen molar-refractivity contribution in [3.8, 4) is 17.1 Å². The summed E-state index contributed by atoms with van der Waals surface area (Å²) in [5.41, 5.74) is 2.64. The lowest BCUT2D eigenvalue weighted by Crippen LogP contribution is -1.94. The van der Waals surface area contributed by atoms with Gasteiger partial charge in [0.2, 0.25) is 5.88 Å². The number of hydrogen-bond acceptors (Lipinski definition) is 4. The van der Waals surface area contributed by atoms with Crippen molar-refractivity contribution in [1.82, 2.24) is 10.2 Å². The fourth-order valence-electron chi connectivity index (χ4n) is 1.58. The highest BCUT2D eigenvalue weighted by Crippen LogP contribution is 2.24. The highest BCUT2D eigenvalue weighted by Gasteiger charge is 2.05. The van der Waals surface area contributed by atoms with Gasteiger partial charge >= 0.3 is 0 Å². The number of rotatable bonds is 4. The maximum absolute atomic E-state index is 6.07. The van der Waals surface area contributed by atoms with Crippen LogP contribution in [0.3, 0.4) is 0 Å². The van der Waals surface area contributed by atoms with Gasteiger partial charge in [0, 0.05) is 23.8 Å². The molecule has 0 unspecified atom stereocenters. The molecule has 2 aromatic rings. The molecule has 0 bridgehead atoms. The van der Waals surface area contributed by atoms with Gasteiger partial charge in [-0.2, -0.15) is 0 Å². The van der Waals surface area contributed by atoms with Crippen LogP contribution in [0.4, 0.5) is 0 Å². The fraction of sp³-hybridized carbons (Fsp3) is 0.231. The number of aromatic nitrogens is 2. The average molecular weight is 265 g/mol. The van der Waals surface area contributed by atoms with Gasteiger partial charge in [0.15, 0.2) is 0 Å². The summed E-state index contributed by atoms with van der Waals surface area (Å²) in [6, 6.07) is 9.30. The molecule has 18 heavy (non-hydrogen) atoms. The molecule has 1 aromatic carbocycles. The van der Waals surface area contributed by atoms with Gasteiger partial charge < -0.3 is 9.47 Å². The second-order valence-electron chi connectivity index (χ2n) is 3.70. The molecule has 0 aliphatic heterocycles. The zero-order valence-corrected chi connectivity index (χ0v) is 10.9. The molecule has 0 saturated carbocycles. The minimum absolute atomic E-state index is 0.469. The molecule has 0 aliphatic carbocycles. The molecule has 0 amide bonds. The van der Waals surface area contributed by atoms with Gasteiger partial charge in [-0.1, -0.05) is 17.7 Å². The van der Waals surface area contributed by atoms with Crippen LogP contribution in [0.15, 0.2) is 30.3 Å². The normalized spacial score (nSPS) is 10.4. The van der Waals surface area contributed by atoms with Gasteiger partial charge in [-0.3, -0.25) is 0 Å². The first-order valence-electron chi connectivity index (χ1n) is 5.40. The molecule has 5 heteroatoms. The van der Waals surface area contributed by atoms with Crippen LogP contribution in [-0.4, -0.2) is 24.4 Å². The molecule has 0 saturated heterocycles. The van der Waals surface area contributed by atoms with Crippen LogP contribution in [0.2, 0.25) is 5.02 Å². The lowest BCUT2D eigenvalue weighted by molar-refractivity contribution is 0.185. The van der Waals surface area contributed by atoms with Gasteiger partial charge in [-0.25, -0.2) is 0 Å². The predicted octanol–water partition coefficient (Wildman–Crippen LogP) is 2.95. The Morgan fingerprint density at radius 2 is 1.94 bits per heavy atom. The van der Waals surface area contributed by atoms with Crippen molar-refractivity contribution < 1.29 is 9.47 Å². The Bertz CT molecular complexity index is 529. The standard InChI is InChI=1S/C13H13ClN2O2/c1-17-8-10-7-9(3-4-11(10)14)12-5-6-13(18-2)16-15-12/h3-7H,8H2,1-2H3. The molecule has 94 valence electrons. The summed E-state index contributed by atoms with van der Waals surface area (Å²) in [4.78, 5) is 0. The van der Waals surface area contributed by atoms with E-state index in [1.165, 1.54) is 0 Å². The van der Waals surface area contributed by atoms with E-state index in [0.717, 1.165) is 16.8 Å². The Kier molecular flexibility index (Phi) is 4.12. The molecular formula is C13H13ClN2O2. The third-order valence-corrected chi connectivity index (χ3v) is 2.86. The number of hydrogen-bond donors (Lipinski definition) is 0. The van der Waals surface area contributed by atoms with Crippen molar-refractivity contribution in [2.24, 2.45) is 0 Å². The fourth-order valence-corrected chi connectivity index (χ4v) is 1.76. The number of ether oxygens (including phenoxy) is 2. The zero-order chi connectivity index (χ0) is 13.0. The maximum Gasteiger partial charge on any atom is 0.233 e. The molecular weight excluding hydrogens is 252 g/mol. The topological polar surface area (TPSA) is 44.2 Å². The Morgan fingerprint density at radius 1 is 1.11 bits per heavy atom. The zero-order valence-electron chi connectivity index (χ0n) is 10.2. The van der Waals surface area contributed by atoms with E-state index in [4.69, 9.17) is 21.1 Å². The van der Waals surface area contributed by atoms with Gasteiger partial charge in [-0.05, 0) is 23.8 Å². The highest BCUT2D eigenvalue weighted by molar-refractivity contribution is 6.31. The molecule has 2 rings (SSSR count). The summed E-state index contributed by atoms with van der Waals surface area (Å²) in [6.07, 6.45) is 0. The molecule has 0 fully saturated rings. The summed E-state index contributed by atoms with van der Waals surface area (Å²) in [5, 5.41) is 8.71. The van der Waals surface area contributed by atoms with Gasteiger partial charge in [-0.15, -0.1) is 10.2 Å². The van der Waals surface area contributed by atoms with E-state index in [-0.39, 0.29) is 0 Å². The monoisotopic (exact) mass is 264 g/mol. The number of nitrogens with zero attached hydrogens (tertiary/aromatic N) is 2. The third-order valence-electron chi connectivity index (χ3n) is 2.49. The van der Waals surface area contributed by atoms with E-state index in [1.54, 1.807) is 20.3 Å². The summed E-state index contributed by atoms with van der Waals surface area (Å²) in [7, 11) is 3.19. The molecule has 0 N–H and O–H groups in total. The van der Waals surface area contributed by atoms with Crippen LogP contribution in [0.5, 0.6) is 5.88 Å². The van der Waals surface area contributed by atoms with Crippen molar-refractivity contribution in [2.75, 3.05) is 14.2 Å². The second-order valence-corrected chi connectivity index (χ2v) is 4.11. The summed E-state index contributed by atoms with van der Waals surface area (Å²) < 4.78 is 10.1. The highest BCUT2D eigenvalue weighted by atomic mass is 35.5.